The first kappa shape index (κ1) is 31.5. The van der Waals surface area contributed by atoms with Crippen molar-refractivity contribution in [2.45, 2.75) is 89.4 Å². The topological polar surface area (TPSA) is 99.8 Å². The molecule has 1 saturated carbocycles. The lowest BCUT2D eigenvalue weighted by Crippen LogP contribution is -2.58. The fraction of sp³-hybridized carbons (Fsp3) is 0.545. The maximum absolute atomic E-state index is 13.9. The summed E-state index contributed by atoms with van der Waals surface area (Å²) in [5.41, 5.74) is 1.77. The zero-order valence-corrected chi connectivity index (χ0v) is 25.0. The molecule has 42 heavy (non-hydrogen) atoms. The van der Waals surface area contributed by atoms with E-state index in [0.29, 0.717) is 25.9 Å². The zero-order chi connectivity index (χ0) is 30.1. The van der Waals surface area contributed by atoms with Crippen molar-refractivity contribution in [2.24, 2.45) is 5.92 Å². The molecule has 0 spiro atoms. The van der Waals surface area contributed by atoms with Crippen molar-refractivity contribution in [3.63, 3.8) is 0 Å². The van der Waals surface area contributed by atoms with Crippen LogP contribution in [0, 0.1) is 11.7 Å². The smallest absolute Gasteiger partial charge is 0.243 e. The van der Waals surface area contributed by atoms with E-state index in [0.717, 1.165) is 42.6 Å². The predicted octanol–water partition coefficient (Wildman–Crippen LogP) is 3.77. The van der Waals surface area contributed by atoms with Crippen LogP contribution in [0.25, 0.3) is 0 Å². The highest BCUT2D eigenvalue weighted by atomic mass is 19.1. The van der Waals surface area contributed by atoms with Gasteiger partial charge in [0.1, 0.15) is 29.8 Å². The monoisotopic (exact) mass is 580 g/mol. The molecule has 0 unspecified atom stereocenters. The van der Waals surface area contributed by atoms with E-state index in [2.05, 4.69) is 16.0 Å². The van der Waals surface area contributed by atoms with Gasteiger partial charge < -0.3 is 25.6 Å². The van der Waals surface area contributed by atoms with Crippen LogP contribution in [0.1, 0.15) is 63.5 Å². The van der Waals surface area contributed by atoms with Gasteiger partial charge in [0.2, 0.25) is 17.7 Å². The molecule has 2 aliphatic rings. The van der Waals surface area contributed by atoms with E-state index in [1.807, 2.05) is 31.2 Å². The van der Waals surface area contributed by atoms with Crippen LogP contribution in [0.2, 0.25) is 0 Å². The number of aryl methyl sites for hydroxylation is 1. The molecule has 3 N–H and O–H groups in total. The molecule has 9 heteroatoms. The average molecular weight is 581 g/mol. The second-order valence-corrected chi connectivity index (χ2v) is 11.7. The van der Waals surface area contributed by atoms with Gasteiger partial charge in [-0.1, -0.05) is 49.6 Å². The Hall–Kier alpha value is -3.46. The summed E-state index contributed by atoms with van der Waals surface area (Å²) >= 11 is 0. The van der Waals surface area contributed by atoms with E-state index in [4.69, 9.17) is 4.74 Å². The Morgan fingerprint density at radius 3 is 2.38 bits per heavy atom. The van der Waals surface area contributed by atoms with E-state index in [1.54, 1.807) is 26.1 Å². The zero-order valence-electron chi connectivity index (χ0n) is 25.0. The summed E-state index contributed by atoms with van der Waals surface area (Å²) in [5, 5.41) is 9.33. The van der Waals surface area contributed by atoms with Gasteiger partial charge in [-0.3, -0.25) is 14.4 Å². The summed E-state index contributed by atoms with van der Waals surface area (Å²) in [5.74, 6) is -0.279. The molecule has 1 aliphatic carbocycles. The molecule has 1 aliphatic heterocycles. The molecule has 0 saturated heterocycles. The predicted molar refractivity (Wildman–Crippen MR) is 160 cm³/mol. The van der Waals surface area contributed by atoms with Gasteiger partial charge in [0.25, 0.3) is 0 Å². The number of para-hydroxylation sites is 1. The number of hydrogen-bond acceptors (Lipinski definition) is 5. The van der Waals surface area contributed by atoms with Crippen molar-refractivity contribution in [1.82, 2.24) is 20.9 Å². The number of nitrogens with one attached hydrogen (secondary N) is 3. The van der Waals surface area contributed by atoms with E-state index in [-0.39, 0.29) is 36.1 Å². The largest absolute Gasteiger partial charge is 0.489 e. The summed E-state index contributed by atoms with van der Waals surface area (Å²) in [6.07, 6.45) is 6.64. The number of amides is 3. The number of hydrogen-bond donors (Lipinski definition) is 3. The fourth-order valence-corrected chi connectivity index (χ4v) is 5.86. The van der Waals surface area contributed by atoms with Gasteiger partial charge in [-0.2, -0.15) is 0 Å². The molecule has 4 atom stereocenters. The van der Waals surface area contributed by atoms with Crippen molar-refractivity contribution in [2.75, 3.05) is 20.1 Å². The third kappa shape index (κ3) is 8.53. The van der Waals surface area contributed by atoms with Crippen LogP contribution in [0.3, 0.4) is 0 Å². The quantitative estimate of drug-likeness (QED) is 0.514. The standard InChI is InChI=1S/C33H45FN4O4/c1-22-21-36-30(26-11-5-4-6-12-26)33(41)38(3)23(2)31(39)37-28(20-24-15-17-27(34)18-16-24)32(40)35-19-9-13-25-10-7-8-14-29(25)42-22/h7-8,10,14-18,22-23,26,28,30,36H,4-6,9,11-13,19-21H2,1-3H3,(H,35,40)(H,37,39)/t22-,23-,28-,30+/m1/s1. The number of carbonyl (C=O) groups is 3. The van der Waals surface area contributed by atoms with Gasteiger partial charge in [0, 0.05) is 26.6 Å². The summed E-state index contributed by atoms with van der Waals surface area (Å²) in [7, 11) is 1.65. The summed E-state index contributed by atoms with van der Waals surface area (Å²) in [6, 6.07) is 11.7. The summed E-state index contributed by atoms with van der Waals surface area (Å²) in [4.78, 5) is 42.1. The first-order chi connectivity index (χ1) is 20.2. The number of ether oxygens (including phenoxy) is 1. The van der Waals surface area contributed by atoms with Crippen LogP contribution in [-0.2, 0) is 27.2 Å². The van der Waals surface area contributed by atoms with Crippen LogP contribution in [0.15, 0.2) is 48.5 Å². The number of carbonyl (C=O) groups excluding carboxylic acids is 3. The second-order valence-electron chi connectivity index (χ2n) is 11.7. The van der Waals surface area contributed by atoms with Crippen molar-refractivity contribution in [3.8, 4) is 5.75 Å². The molecule has 228 valence electrons. The number of halogens is 1. The lowest BCUT2D eigenvalue weighted by molar-refractivity contribution is -0.142. The first-order valence-electron chi connectivity index (χ1n) is 15.3. The third-order valence-electron chi connectivity index (χ3n) is 8.53. The van der Waals surface area contributed by atoms with Crippen LogP contribution >= 0.6 is 0 Å². The van der Waals surface area contributed by atoms with Gasteiger partial charge in [-0.05, 0) is 74.8 Å². The van der Waals surface area contributed by atoms with Crippen LogP contribution in [-0.4, -0.2) is 67.0 Å². The van der Waals surface area contributed by atoms with Gasteiger partial charge in [0.15, 0.2) is 0 Å². The Balaban J connectivity index is 1.59. The van der Waals surface area contributed by atoms with Crippen LogP contribution in [0.5, 0.6) is 5.75 Å². The first-order valence-corrected chi connectivity index (χ1v) is 15.3. The Morgan fingerprint density at radius 2 is 1.64 bits per heavy atom. The maximum atomic E-state index is 13.9. The number of nitrogens with zero attached hydrogens (tertiary/aromatic N) is 1. The Labute approximate surface area is 248 Å². The van der Waals surface area contributed by atoms with Crippen molar-refractivity contribution in [3.05, 3.63) is 65.5 Å². The van der Waals surface area contributed by atoms with E-state index in [1.165, 1.54) is 23.5 Å². The molecule has 0 bridgehead atoms. The maximum Gasteiger partial charge on any atom is 0.243 e. The molecular weight excluding hydrogens is 535 g/mol. The van der Waals surface area contributed by atoms with E-state index >= 15 is 0 Å². The normalized spacial score (nSPS) is 25.8. The Bertz CT molecular complexity index is 1200. The third-order valence-corrected chi connectivity index (χ3v) is 8.53. The molecule has 1 fully saturated rings. The minimum absolute atomic E-state index is 0.141. The molecule has 0 aromatic heterocycles. The molecule has 8 nitrogen and oxygen atoms in total. The molecule has 2 aromatic carbocycles. The van der Waals surface area contributed by atoms with Gasteiger partial charge in [0.05, 0.1) is 6.04 Å². The van der Waals surface area contributed by atoms with E-state index < -0.39 is 24.0 Å². The van der Waals surface area contributed by atoms with E-state index in [9.17, 15) is 18.8 Å². The number of fused-ring (bicyclic) bond motifs is 1. The Morgan fingerprint density at radius 1 is 0.929 bits per heavy atom. The highest BCUT2D eigenvalue weighted by Gasteiger charge is 2.35. The van der Waals surface area contributed by atoms with Crippen LogP contribution < -0.4 is 20.7 Å². The molecule has 1 heterocycles. The van der Waals surface area contributed by atoms with Crippen molar-refractivity contribution in [1.29, 1.82) is 0 Å². The minimum atomic E-state index is -0.878. The summed E-state index contributed by atoms with van der Waals surface area (Å²) in [6.45, 7) is 4.58. The Kier molecular flexibility index (Phi) is 11.3. The lowest BCUT2D eigenvalue weighted by Gasteiger charge is -2.35. The van der Waals surface area contributed by atoms with Gasteiger partial charge >= 0.3 is 0 Å². The molecule has 4 rings (SSSR count). The van der Waals surface area contributed by atoms with Gasteiger partial charge in [-0.15, -0.1) is 0 Å². The summed E-state index contributed by atoms with van der Waals surface area (Å²) < 4.78 is 19.8. The highest BCUT2D eigenvalue weighted by molar-refractivity contribution is 5.93. The number of likely N-dealkylation sites (N-methyl/N-ethyl adjacent to an activating group) is 1. The average Bonchev–Trinajstić information content (AvgIpc) is 3.00. The minimum Gasteiger partial charge on any atom is -0.489 e. The number of rotatable bonds is 3. The van der Waals surface area contributed by atoms with Crippen molar-refractivity contribution >= 4 is 17.7 Å². The second kappa shape index (κ2) is 15.1. The van der Waals surface area contributed by atoms with Crippen molar-refractivity contribution < 1.29 is 23.5 Å². The molecule has 3 amide bonds. The highest BCUT2D eigenvalue weighted by Crippen LogP contribution is 2.28. The van der Waals surface area contributed by atoms with Crippen LogP contribution in [0.4, 0.5) is 4.39 Å². The molecule has 0 radical (unpaired) electrons. The molecule has 2 aromatic rings. The molecular formula is C33H45FN4O4. The van der Waals surface area contributed by atoms with Gasteiger partial charge in [-0.25, -0.2) is 4.39 Å². The lowest BCUT2D eigenvalue weighted by atomic mass is 9.83. The number of benzene rings is 2. The SMILES string of the molecule is C[C@@H]1CN[C@@H](C2CCCCC2)C(=O)N(C)[C@H](C)C(=O)N[C@H](Cc2ccc(F)cc2)C(=O)NCCCc2ccccc2O1. The fourth-order valence-electron chi connectivity index (χ4n) is 5.86.